The summed E-state index contributed by atoms with van der Waals surface area (Å²) in [5.74, 6) is -2.30. The number of ether oxygens (including phenoxy) is 2. The van der Waals surface area contributed by atoms with Gasteiger partial charge in [0.2, 0.25) is 5.91 Å². The van der Waals surface area contributed by atoms with Crippen LogP contribution in [0.15, 0.2) is 11.3 Å². The molecule has 3 rings (SSSR count). The number of thioether (sulfide) groups is 2. The van der Waals surface area contributed by atoms with Crippen molar-refractivity contribution in [2.24, 2.45) is 0 Å². The number of hydrogen-bond donors (Lipinski definition) is 2. The number of aliphatic carboxylic acids is 1. The minimum atomic E-state index is -1.27. The number of morpholine rings is 1. The van der Waals surface area contributed by atoms with Gasteiger partial charge in [-0.05, 0) is 0 Å². The molecule has 2 saturated heterocycles. The molecule has 3 aliphatic rings. The predicted molar refractivity (Wildman–Crippen MR) is 114 cm³/mol. The Balaban J connectivity index is 1.55. The average Bonchev–Trinajstić information content (AvgIpc) is 2.73. The van der Waals surface area contributed by atoms with Gasteiger partial charge in [0.15, 0.2) is 0 Å². The van der Waals surface area contributed by atoms with Crippen LogP contribution >= 0.6 is 35.7 Å². The average molecular weight is 476 g/mol. The Morgan fingerprint density at radius 3 is 2.70 bits per heavy atom. The van der Waals surface area contributed by atoms with Crippen molar-refractivity contribution in [3.8, 4) is 0 Å². The third-order valence-electron chi connectivity index (χ3n) is 4.61. The highest BCUT2D eigenvalue weighted by Gasteiger charge is 2.54. The number of carbonyl (C=O) groups is 4. The van der Waals surface area contributed by atoms with E-state index >= 15 is 0 Å². The predicted octanol–water partition coefficient (Wildman–Crippen LogP) is -0.362. The monoisotopic (exact) mass is 475 g/mol. The molecule has 0 aromatic carbocycles. The van der Waals surface area contributed by atoms with E-state index in [1.807, 2.05) is 4.90 Å². The molecule has 30 heavy (non-hydrogen) atoms. The summed E-state index contributed by atoms with van der Waals surface area (Å²) in [6.07, 6.45) is 0. The molecule has 0 spiro atoms. The lowest BCUT2D eigenvalue weighted by Gasteiger charge is -2.49. The number of thiocarbonyl (C=S) groups is 1. The first-order valence-electron chi connectivity index (χ1n) is 9.11. The zero-order chi connectivity index (χ0) is 21.8. The summed E-state index contributed by atoms with van der Waals surface area (Å²) in [6.45, 7) is 3.59. The quantitative estimate of drug-likeness (QED) is 0.297. The molecular formula is C17H21N3O7S3. The zero-order valence-electron chi connectivity index (χ0n) is 16.1. The Morgan fingerprint density at radius 2 is 2.07 bits per heavy atom. The number of nitrogens with zero attached hydrogens (tertiary/aromatic N) is 2. The van der Waals surface area contributed by atoms with E-state index in [1.54, 1.807) is 0 Å². The Kier molecular flexibility index (Phi) is 7.60. The molecule has 0 saturated carbocycles. The molecule has 0 radical (unpaired) electrons. The van der Waals surface area contributed by atoms with Crippen LogP contribution in [0.25, 0.3) is 0 Å². The molecule has 2 atom stereocenters. The SMILES string of the molecule is CC(=O)OCC1=C(C(=O)O)N2C(=O)C(NC(=O)CSC(=S)N3CCOCC3)C2SC1. The van der Waals surface area contributed by atoms with Gasteiger partial charge >= 0.3 is 11.9 Å². The molecule has 0 aromatic heterocycles. The van der Waals surface area contributed by atoms with Gasteiger partial charge in [-0.15, -0.1) is 11.8 Å². The van der Waals surface area contributed by atoms with Crippen LogP contribution in [0.2, 0.25) is 0 Å². The lowest BCUT2D eigenvalue weighted by Crippen LogP contribution is -2.70. The van der Waals surface area contributed by atoms with Gasteiger partial charge in [-0.3, -0.25) is 19.3 Å². The molecule has 3 aliphatic heterocycles. The number of amides is 2. The van der Waals surface area contributed by atoms with E-state index in [-0.39, 0.29) is 29.7 Å². The minimum absolute atomic E-state index is 0.0662. The van der Waals surface area contributed by atoms with Crippen LogP contribution in [0, 0.1) is 0 Å². The molecular weight excluding hydrogens is 454 g/mol. The first-order valence-corrected chi connectivity index (χ1v) is 11.6. The third-order valence-corrected chi connectivity index (χ3v) is 7.48. The molecule has 2 fully saturated rings. The lowest BCUT2D eigenvalue weighted by molar-refractivity contribution is -0.150. The molecule has 0 aliphatic carbocycles. The number of fused-ring (bicyclic) bond motifs is 1. The van der Waals surface area contributed by atoms with Gasteiger partial charge < -0.3 is 24.8 Å². The Hall–Kier alpha value is -1.83. The summed E-state index contributed by atoms with van der Waals surface area (Å²) in [7, 11) is 0. The van der Waals surface area contributed by atoms with Crippen molar-refractivity contribution in [3.63, 3.8) is 0 Å². The van der Waals surface area contributed by atoms with E-state index in [0.717, 1.165) is 4.90 Å². The Morgan fingerprint density at radius 1 is 1.37 bits per heavy atom. The number of β-lactam (4-membered cyclic amide) rings is 1. The highest BCUT2D eigenvalue weighted by atomic mass is 32.2. The van der Waals surface area contributed by atoms with Crippen molar-refractivity contribution < 1.29 is 33.8 Å². The molecule has 0 aromatic rings. The number of nitrogens with one attached hydrogen (secondary N) is 1. The number of carboxylic acids is 1. The van der Waals surface area contributed by atoms with Crippen LogP contribution in [0.3, 0.4) is 0 Å². The number of esters is 1. The molecule has 2 unspecified atom stereocenters. The number of carboxylic acid groups (broad SMARTS) is 1. The van der Waals surface area contributed by atoms with E-state index < -0.39 is 29.3 Å². The first kappa shape index (κ1) is 22.8. The van der Waals surface area contributed by atoms with Gasteiger partial charge in [0.05, 0.1) is 19.0 Å². The maximum absolute atomic E-state index is 12.6. The molecule has 10 nitrogen and oxygen atoms in total. The van der Waals surface area contributed by atoms with E-state index in [9.17, 15) is 24.3 Å². The summed E-state index contributed by atoms with van der Waals surface area (Å²) >= 11 is 7.87. The van der Waals surface area contributed by atoms with Crippen LogP contribution in [-0.4, -0.2) is 98.8 Å². The minimum Gasteiger partial charge on any atom is -0.477 e. The second-order valence-corrected chi connectivity index (χ2v) is 9.36. The second-order valence-electron chi connectivity index (χ2n) is 6.65. The van der Waals surface area contributed by atoms with Crippen molar-refractivity contribution in [1.29, 1.82) is 0 Å². The van der Waals surface area contributed by atoms with Crippen molar-refractivity contribution in [1.82, 2.24) is 15.1 Å². The first-order chi connectivity index (χ1) is 14.3. The summed E-state index contributed by atoms with van der Waals surface area (Å²) in [4.78, 5) is 50.7. The Bertz CT molecular complexity index is 797. The maximum Gasteiger partial charge on any atom is 0.352 e. The van der Waals surface area contributed by atoms with E-state index in [1.165, 1.54) is 30.4 Å². The summed E-state index contributed by atoms with van der Waals surface area (Å²) in [5, 5.41) is 11.7. The van der Waals surface area contributed by atoms with Gasteiger partial charge in [0.1, 0.15) is 28.0 Å². The summed E-state index contributed by atoms with van der Waals surface area (Å²) in [6, 6.07) is -0.801. The van der Waals surface area contributed by atoms with Crippen molar-refractivity contribution >= 4 is 63.8 Å². The topological polar surface area (TPSA) is 125 Å². The molecule has 2 amide bonds. The number of hydrogen-bond acceptors (Lipinski definition) is 9. The number of carbonyl (C=O) groups excluding carboxylic acids is 3. The van der Waals surface area contributed by atoms with Gasteiger partial charge in [0, 0.05) is 31.3 Å². The molecule has 164 valence electrons. The van der Waals surface area contributed by atoms with Gasteiger partial charge in [0.25, 0.3) is 5.91 Å². The van der Waals surface area contributed by atoms with Crippen LogP contribution < -0.4 is 5.32 Å². The van der Waals surface area contributed by atoms with Crippen molar-refractivity contribution in [2.75, 3.05) is 44.4 Å². The van der Waals surface area contributed by atoms with Gasteiger partial charge in [-0.25, -0.2) is 4.79 Å². The maximum atomic E-state index is 12.6. The summed E-state index contributed by atoms with van der Waals surface area (Å²) in [5.41, 5.74) is 0.168. The van der Waals surface area contributed by atoms with Crippen LogP contribution in [0.4, 0.5) is 0 Å². The Labute approximate surface area is 186 Å². The molecule has 0 bridgehead atoms. The second kappa shape index (κ2) is 9.98. The fraction of sp³-hybridized carbons (Fsp3) is 0.588. The van der Waals surface area contributed by atoms with Crippen LogP contribution in [-0.2, 0) is 28.7 Å². The normalized spacial score (nSPS) is 23.4. The van der Waals surface area contributed by atoms with Crippen molar-refractivity contribution in [2.45, 2.75) is 18.3 Å². The highest BCUT2D eigenvalue weighted by Crippen LogP contribution is 2.40. The van der Waals surface area contributed by atoms with Gasteiger partial charge in [-0.1, -0.05) is 24.0 Å². The van der Waals surface area contributed by atoms with Crippen LogP contribution in [0.5, 0.6) is 0 Å². The summed E-state index contributed by atoms with van der Waals surface area (Å²) < 4.78 is 10.8. The largest absolute Gasteiger partial charge is 0.477 e. The molecule has 2 N–H and O–H groups in total. The molecule has 13 heteroatoms. The zero-order valence-corrected chi connectivity index (χ0v) is 18.6. The standard InChI is InChI=1S/C17H21N3O7S3/c1-9(21)27-6-10-7-29-15-12(14(23)20(15)13(10)16(24)25)18-11(22)8-30-17(28)19-2-4-26-5-3-19/h12,15H,2-8H2,1H3,(H,18,22)(H,24,25). The van der Waals surface area contributed by atoms with E-state index in [2.05, 4.69) is 5.32 Å². The fourth-order valence-corrected chi connectivity index (χ4v) is 5.55. The highest BCUT2D eigenvalue weighted by molar-refractivity contribution is 8.23. The number of rotatable bonds is 6. The molecule has 3 heterocycles. The smallest absolute Gasteiger partial charge is 0.352 e. The lowest BCUT2D eigenvalue weighted by atomic mass is 10.0. The van der Waals surface area contributed by atoms with Crippen molar-refractivity contribution in [3.05, 3.63) is 11.3 Å². The van der Waals surface area contributed by atoms with E-state index in [4.69, 9.17) is 21.7 Å². The fourth-order valence-electron chi connectivity index (χ4n) is 3.16. The van der Waals surface area contributed by atoms with Gasteiger partial charge in [-0.2, -0.15) is 0 Å². The van der Waals surface area contributed by atoms with E-state index in [0.29, 0.717) is 36.2 Å². The van der Waals surface area contributed by atoms with Crippen LogP contribution in [0.1, 0.15) is 6.92 Å². The third kappa shape index (κ3) is 5.07.